The Morgan fingerprint density at radius 1 is 1.05 bits per heavy atom. The Morgan fingerprint density at radius 3 is 2.47 bits per heavy atom. The van der Waals surface area contributed by atoms with Gasteiger partial charge in [-0.05, 0) is 24.3 Å². The lowest BCUT2D eigenvalue weighted by molar-refractivity contribution is 0.0697. The van der Waals surface area contributed by atoms with E-state index in [1.165, 1.54) is 6.07 Å². The van der Waals surface area contributed by atoms with Crippen LogP contribution in [0.1, 0.15) is 10.4 Å². The quantitative estimate of drug-likeness (QED) is 0.894. The molecule has 3 nitrogen and oxygen atoms in total. The number of rotatable bonds is 3. The summed E-state index contributed by atoms with van der Waals surface area (Å²) in [6.45, 7) is 0. The zero-order valence-electron chi connectivity index (χ0n) is 9.45. The number of anilines is 2. The van der Waals surface area contributed by atoms with E-state index in [-0.39, 0.29) is 11.3 Å². The molecule has 6 heteroatoms. The molecule has 0 fully saturated rings. The molecule has 0 atom stereocenters. The molecule has 0 aromatic heterocycles. The van der Waals surface area contributed by atoms with Crippen LogP contribution in [0.2, 0.25) is 0 Å². The van der Waals surface area contributed by atoms with Crippen LogP contribution in [0, 0.1) is 17.5 Å². The first kappa shape index (κ1) is 12.9. The number of hydrogen-bond donors (Lipinski definition) is 2. The molecule has 0 amide bonds. The minimum Gasteiger partial charge on any atom is -0.478 e. The van der Waals surface area contributed by atoms with Gasteiger partial charge in [0.25, 0.3) is 0 Å². The average Bonchev–Trinajstić information content (AvgIpc) is 2.35. The molecule has 0 aliphatic carbocycles. The third kappa shape index (κ3) is 2.67. The van der Waals surface area contributed by atoms with Gasteiger partial charge in [-0.25, -0.2) is 18.0 Å². The normalized spacial score (nSPS) is 10.3. The van der Waals surface area contributed by atoms with Gasteiger partial charge in [0, 0.05) is 6.07 Å². The maximum Gasteiger partial charge on any atom is 0.337 e. The van der Waals surface area contributed by atoms with E-state index in [1.54, 1.807) is 0 Å². The summed E-state index contributed by atoms with van der Waals surface area (Å²) in [5.41, 5.74) is -1.13. The molecule has 2 N–H and O–H groups in total. The second kappa shape index (κ2) is 5.01. The van der Waals surface area contributed by atoms with Crippen molar-refractivity contribution in [3.63, 3.8) is 0 Å². The van der Waals surface area contributed by atoms with E-state index in [9.17, 15) is 18.0 Å². The molecule has 0 aliphatic rings. The molecule has 0 spiro atoms. The summed E-state index contributed by atoms with van der Waals surface area (Å²) in [6, 6.07) is 5.97. The average molecular weight is 267 g/mol. The summed E-state index contributed by atoms with van der Waals surface area (Å²) < 4.78 is 40.0. The van der Waals surface area contributed by atoms with Gasteiger partial charge in [-0.2, -0.15) is 0 Å². The van der Waals surface area contributed by atoms with E-state index in [0.29, 0.717) is 0 Å². The summed E-state index contributed by atoms with van der Waals surface area (Å²) >= 11 is 0. The van der Waals surface area contributed by atoms with Gasteiger partial charge in [0.2, 0.25) is 0 Å². The van der Waals surface area contributed by atoms with Crippen molar-refractivity contribution in [3.05, 3.63) is 59.4 Å². The number of nitrogens with one attached hydrogen (secondary N) is 1. The van der Waals surface area contributed by atoms with Crippen LogP contribution in [0.5, 0.6) is 0 Å². The maximum absolute atomic E-state index is 13.6. The van der Waals surface area contributed by atoms with E-state index >= 15 is 0 Å². The fourth-order valence-electron chi connectivity index (χ4n) is 1.56. The molecule has 2 aromatic carbocycles. The summed E-state index contributed by atoms with van der Waals surface area (Å²) in [5, 5.41) is 11.2. The lowest BCUT2D eigenvalue weighted by atomic mass is 10.1. The van der Waals surface area contributed by atoms with Gasteiger partial charge in [-0.1, -0.05) is 6.07 Å². The number of carbonyl (C=O) groups is 1. The molecule has 19 heavy (non-hydrogen) atoms. The van der Waals surface area contributed by atoms with Crippen LogP contribution in [0.3, 0.4) is 0 Å². The highest BCUT2D eigenvalue weighted by Gasteiger charge is 2.16. The first-order chi connectivity index (χ1) is 8.99. The van der Waals surface area contributed by atoms with Gasteiger partial charge >= 0.3 is 5.97 Å². The van der Waals surface area contributed by atoms with E-state index in [4.69, 9.17) is 5.11 Å². The highest BCUT2D eigenvalue weighted by molar-refractivity contribution is 5.95. The minimum atomic E-state index is -1.38. The van der Waals surface area contributed by atoms with Crippen molar-refractivity contribution in [2.75, 3.05) is 5.32 Å². The van der Waals surface area contributed by atoms with Crippen LogP contribution in [0.25, 0.3) is 0 Å². The van der Waals surface area contributed by atoms with Crippen molar-refractivity contribution in [2.24, 2.45) is 0 Å². The van der Waals surface area contributed by atoms with Crippen molar-refractivity contribution in [1.29, 1.82) is 0 Å². The Kier molecular flexibility index (Phi) is 3.41. The summed E-state index contributed by atoms with van der Waals surface area (Å²) in [4.78, 5) is 10.9. The van der Waals surface area contributed by atoms with Gasteiger partial charge in [0.1, 0.15) is 17.5 Å². The fourth-order valence-corrected chi connectivity index (χ4v) is 1.56. The molecule has 0 saturated carbocycles. The predicted molar refractivity (Wildman–Crippen MR) is 63.0 cm³/mol. The third-order valence-electron chi connectivity index (χ3n) is 2.43. The molecular formula is C13H8F3NO2. The number of hydrogen-bond acceptors (Lipinski definition) is 2. The molecule has 0 heterocycles. The van der Waals surface area contributed by atoms with Gasteiger partial charge in [-0.3, -0.25) is 0 Å². The Bertz CT molecular complexity index is 644. The topological polar surface area (TPSA) is 49.3 Å². The number of benzene rings is 2. The number of halogens is 3. The smallest absolute Gasteiger partial charge is 0.337 e. The van der Waals surface area contributed by atoms with Gasteiger partial charge in [-0.15, -0.1) is 0 Å². The first-order valence-corrected chi connectivity index (χ1v) is 5.23. The largest absolute Gasteiger partial charge is 0.478 e. The number of carboxylic acid groups (broad SMARTS) is 1. The second-order valence-corrected chi connectivity index (χ2v) is 3.72. The van der Waals surface area contributed by atoms with Crippen molar-refractivity contribution >= 4 is 17.3 Å². The lowest BCUT2D eigenvalue weighted by Crippen LogP contribution is -2.06. The summed E-state index contributed by atoms with van der Waals surface area (Å²) in [5.74, 6) is -3.79. The maximum atomic E-state index is 13.6. The van der Waals surface area contributed by atoms with Crippen LogP contribution >= 0.6 is 0 Å². The third-order valence-corrected chi connectivity index (χ3v) is 2.43. The minimum absolute atomic E-state index is 0.340. The number of carboxylic acids is 1. The SMILES string of the molecule is O=C(O)c1cccc(F)c1Nc1cc(F)ccc1F. The lowest BCUT2D eigenvalue weighted by Gasteiger charge is -2.11. The van der Waals surface area contributed by atoms with Crippen LogP contribution in [-0.4, -0.2) is 11.1 Å². The molecule has 0 aliphatic heterocycles. The Balaban J connectivity index is 2.49. The van der Waals surface area contributed by atoms with Crippen LogP contribution in [0.15, 0.2) is 36.4 Å². The molecule has 0 radical (unpaired) electrons. The zero-order valence-corrected chi connectivity index (χ0v) is 9.45. The summed E-state index contributed by atoms with van der Waals surface area (Å²) in [6.07, 6.45) is 0. The fraction of sp³-hybridized carbons (Fsp3) is 0. The van der Waals surface area contributed by atoms with Crippen molar-refractivity contribution in [1.82, 2.24) is 0 Å². The van der Waals surface area contributed by atoms with Crippen molar-refractivity contribution in [2.45, 2.75) is 0 Å². The Hall–Kier alpha value is -2.50. The van der Waals surface area contributed by atoms with E-state index in [1.807, 2.05) is 0 Å². The predicted octanol–water partition coefficient (Wildman–Crippen LogP) is 3.55. The molecule has 2 aromatic rings. The molecular weight excluding hydrogens is 259 g/mol. The monoisotopic (exact) mass is 267 g/mol. The first-order valence-electron chi connectivity index (χ1n) is 5.23. The van der Waals surface area contributed by atoms with E-state index < -0.39 is 29.1 Å². The van der Waals surface area contributed by atoms with E-state index in [0.717, 1.165) is 30.3 Å². The zero-order chi connectivity index (χ0) is 14.0. The molecule has 0 saturated heterocycles. The van der Waals surface area contributed by atoms with Gasteiger partial charge in [0.15, 0.2) is 0 Å². The van der Waals surface area contributed by atoms with Gasteiger partial charge in [0.05, 0.1) is 16.9 Å². The van der Waals surface area contributed by atoms with Crippen LogP contribution < -0.4 is 5.32 Å². The standard InChI is InChI=1S/C13H8F3NO2/c14-7-4-5-9(15)11(6-7)17-12-8(13(18)19)2-1-3-10(12)16/h1-6,17H,(H,18,19). The number of para-hydroxylation sites is 1. The second-order valence-electron chi connectivity index (χ2n) is 3.72. The number of aromatic carboxylic acids is 1. The summed E-state index contributed by atoms with van der Waals surface area (Å²) in [7, 11) is 0. The Labute approximate surface area is 106 Å². The van der Waals surface area contributed by atoms with Crippen molar-refractivity contribution < 1.29 is 23.1 Å². The van der Waals surface area contributed by atoms with Gasteiger partial charge < -0.3 is 10.4 Å². The van der Waals surface area contributed by atoms with E-state index in [2.05, 4.69) is 5.32 Å². The Morgan fingerprint density at radius 2 is 1.79 bits per heavy atom. The molecule has 2 rings (SSSR count). The molecule has 0 bridgehead atoms. The highest BCUT2D eigenvalue weighted by Crippen LogP contribution is 2.26. The van der Waals surface area contributed by atoms with Crippen LogP contribution in [-0.2, 0) is 0 Å². The van der Waals surface area contributed by atoms with Crippen LogP contribution in [0.4, 0.5) is 24.5 Å². The molecule has 0 unspecified atom stereocenters. The van der Waals surface area contributed by atoms with Crippen molar-refractivity contribution in [3.8, 4) is 0 Å². The highest BCUT2D eigenvalue weighted by atomic mass is 19.1. The molecule has 98 valence electrons.